The molecule has 7 nitrogen and oxygen atoms in total. The van der Waals surface area contributed by atoms with Gasteiger partial charge >= 0.3 is 6.03 Å². The zero-order valence-corrected chi connectivity index (χ0v) is 18.6. The number of alkyl halides is 2. The van der Waals surface area contributed by atoms with Gasteiger partial charge < -0.3 is 20.4 Å². The summed E-state index contributed by atoms with van der Waals surface area (Å²) in [6.07, 6.45) is -0.309. The van der Waals surface area contributed by atoms with Gasteiger partial charge in [0.15, 0.2) is 0 Å². The molecule has 0 saturated carbocycles. The fraction of sp³-hybridized carbons (Fsp3) is 0.417. The summed E-state index contributed by atoms with van der Waals surface area (Å²) in [5, 5.41) is 5.99. The molecule has 2 atom stereocenters. The van der Waals surface area contributed by atoms with E-state index in [4.69, 9.17) is 4.74 Å². The van der Waals surface area contributed by atoms with Crippen LogP contribution in [-0.2, 0) is 6.42 Å². The van der Waals surface area contributed by atoms with E-state index in [1.165, 1.54) is 0 Å². The van der Waals surface area contributed by atoms with E-state index in [0.717, 1.165) is 35.2 Å². The number of imidazole rings is 1. The summed E-state index contributed by atoms with van der Waals surface area (Å²) in [5.41, 5.74) is 2.73. The molecule has 3 aromatic rings. The quantitative estimate of drug-likeness (QED) is 0.479. The van der Waals surface area contributed by atoms with Crippen molar-refractivity contribution in [3.8, 4) is 5.75 Å². The second kappa shape index (κ2) is 10.6. The lowest BCUT2D eigenvalue weighted by Gasteiger charge is -2.33. The summed E-state index contributed by atoms with van der Waals surface area (Å²) >= 11 is 0. The lowest BCUT2D eigenvalue weighted by Crippen LogP contribution is -2.51. The molecule has 1 aromatic heterocycles. The first kappa shape index (κ1) is 23.0. The van der Waals surface area contributed by atoms with Crippen LogP contribution in [0.4, 0.5) is 13.6 Å². The Balaban J connectivity index is 1.47. The number of aromatic nitrogens is 2. The van der Waals surface area contributed by atoms with Crippen LogP contribution in [-0.4, -0.2) is 60.1 Å². The zero-order valence-electron chi connectivity index (χ0n) is 18.6. The van der Waals surface area contributed by atoms with Gasteiger partial charge in [0.05, 0.1) is 30.7 Å². The number of methoxy groups -OCH3 is 1. The van der Waals surface area contributed by atoms with Crippen molar-refractivity contribution < 1.29 is 18.3 Å². The first-order chi connectivity index (χ1) is 16.0. The van der Waals surface area contributed by atoms with Crippen molar-refractivity contribution >= 4 is 17.1 Å². The maximum atomic E-state index is 12.9. The average Bonchev–Trinajstić information content (AvgIpc) is 3.23. The molecular formula is C24H29F2N5O2. The monoisotopic (exact) mass is 457 g/mol. The van der Waals surface area contributed by atoms with Gasteiger partial charge in [-0.3, -0.25) is 4.90 Å². The number of halogens is 2. The average molecular weight is 458 g/mol. The van der Waals surface area contributed by atoms with E-state index in [0.29, 0.717) is 25.3 Å². The molecular weight excluding hydrogens is 428 g/mol. The van der Waals surface area contributed by atoms with Crippen LogP contribution in [0.25, 0.3) is 11.0 Å². The minimum absolute atomic E-state index is 0.171. The van der Waals surface area contributed by atoms with E-state index in [2.05, 4.69) is 20.6 Å². The molecule has 2 aromatic carbocycles. The van der Waals surface area contributed by atoms with Crippen molar-refractivity contribution in [3.63, 3.8) is 0 Å². The topological polar surface area (TPSA) is 82.3 Å². The predicted molar refractivity (Wildman–Crippen MR) is 123 cm³/mol. The van der Waals surface area contributed by atoms with Crippen LogP contribution in [0.5, 0.6) is 5.75 Å². The molecule has 0 aliphatic carbocycles. The van der Waals surface area contributed by atoms with Crippen LogP contribution in [0, 0.1) is 0 Å². The number of hydrogen-bond donors (Lipinski definition) is 3. The number of aromatic amines is 1. The van der Waals surface area contributed by atoms with Crippen LogP contribution >= 0.6 is 0 Å². The fourth-order valence-electron chi connectivity index (χ4n) is 4.27. The molecule has 1 unspecified atom stereocenters. The van der Waals surface area contributed by atoms with Gasteiger partial charge in [0.25, 0.3) is 6.43 Å². The van der Waals surface area contributed by atoms with Crippen molar-refractivity contribution in [3.05, 3.63) is 59.9 Å². The standard InChI is InChI=1S/C24H29F2N5O2/c1-33-18-10-8-16(9-11-18)13-21(23-28-19-6-2-3-7-20(19)29-23)30-24(32)27-17-5-4-12-31(14-17)15-22(25)26/h2-3,6-11,17,21-22H,4-5,12-15H2,1H3,(H,28,29)(H2,27,30,32)/t17?,21-/m1/s1. The van der Waals surface area contributed by atoms with Gasteiger partial charge in [0.1, 0.15) is 11.6 Å². The first-order valence-electron chi connectivity index (χ1n) is 11.2. The molecule has 0 radical (unpaired) electrons. The lowest BCUT2D eigenvalue weighted by atomic mass is 10.0. The number of H-pyrrole nitrogens is 1. The molecule has 1 fully saturated rings. The predicted octanol–water partition coefficient (Wildman–Crippen LogP) is 3.88. The molecule has 0 spiro atoms. The number of amides is 2. The molecule has 33 heavy (non-hydrogen) atoms. The first-order valence-corrected chi connectivity index (χ1v) is 11.2. The van der Waals surface area contributed by atoms with E-state index in [-0.39, 0.29) is 18.6 Å². The third-order valence-electron chi connectivity index (χ3n) is 5.88. The molecule has 1 aliphatic rings. The van der Waals surface area contributed by atoms with Gasteiger partial charge in [0, 0.05) is 12.6 Å². The second-order valence-electron chi connectivity index (χ2n) is 8.35. The number of ether oxygens (including phenoxy) is 1. The Morgan fingerprint density at radius 1 is 1.24 bits per heavy atom. The Morgan fingerprint density at radius 3 is 2.76 bits per heavy atom. The van der Waals surface area contributed by atoms with Crippen LogP contribution in [0.2, 0.25) is 0 Å². The number of hydrogen-bond acceptors (Lipinski definition) is 4. The van der Waals surface area contributed by atoms with E-state index in [9.17, 15) is 13.6 Å². The summed E-state index contributed by atoms with van der Waals surface area (Å²) in [4.78, 5) is 22.6. The van der Waals surface area contributed by atoms with Gasteiger partial charge in [-0.15, -0.1) is 0 Å². The summed E-state index contributed by atoms with van der Waals surface area (Å²) < 4.78 is 30.7. The Labute approximate surface area is 191 Å². The molecule has 2 heterocycles. The molecule has 4 rings (SSSR count). The molecule has 3 N–H and O–H groups in total. The number of para-hydroxylation sites is 2. The molecule has 0 bridgehead atoms. The van der Waals surface area contributed by atoms with Crippen molar-refractivity contribution in [1.29, 1.82) is 0 Å². The Morgan fingerprint density at radius 2 is 2.03 bits per heavy atom. The molecule has 1 saturated heterocycles. The van der Waals surface area contributed by atoms with Crippen molar-refractivity contribution in [2.45, 2.75) is 37.8 Å². The smallest absolute Gasteiger partial charge is 0.315 e. The number of piperidine rings is 1. The molecule has 1 aliphatic heterocycles. The van der Waals surface area contributed by atoms with E-state index >= 15 is 0 Å². The number of urea groups is 1. The maximum Gasteiger partial charge on any atom is 0.315 e. The molecule has 176 valence electrons. The number of benzene rings is 2. The van der Waals surface area contributed by atoms with Crippen LogP contribution < -0.4 is 15.4 Å². The van der Waals surface area contributed by atoms with Gasteiger partial charge in [0.2, 0.25) is 0 Å². The van der Waals surface area contributed by atoms with Crippen molar-refractivity contribution in [2.24, 2.45) is 0 Å². The van der Waals surface area contributed by atoms with Crippen LogP contribution in [0.15, 0.2) is 48.5 Å². The van der Waals surface area contributed by atoms with E-state index < -0.39 is 12.5 Å². The number of likely N-dealkylation sites (tertiary alicyclic amines) is 1. The SMILES string of the molecule is COc1ccc(C[C@@H](NC(=O)NC2CCCN(CC(F)F)C2)c2nc3ccccc3[nH]2)cc1. The van der Waals surface area contributed by atoms with Crippen molar-refractivity contribution in [2.75, 3.05) is 26.7 Å². The summed E-state index contributed by atoms with van der Waals surface area (Å²) in [5.74, 6) is 1.42. The Kier molecular flexibility index (Phi) is 7.39. The van der Waals surface area contributed by atoms with Gasteiger partial charge in [-0.25, -0.2) is 18.6 Å². The van der Waals surface area contributed by atoms with Crippen molar-refractivity contribution in [1.82, 2.24) is 25.5 Å². The molecule has 9 heteroatoms. The lowest BCUT2D eigenvalue weighted by molar-refractivity contribution is 0.0716. The summed E-state index contributed by atoms with van der Waals surface area (Å²) in [7, 11) is 1.62. The minimum atomic E-state index is -2.38. The largest absolute Gasteiger partial charge is 0.497 e. The van der Waals surface area contributed by atoms with E-state index in [1.54, 1.807) is 12.0 Å². The van der Waals surface area contributed by atoms with Gasteiger partial charge in [-0.05, 0) is 55.6 Å². The third-order valence-corrected chi connectivity index (χ3v) is 5.88. The second-order valence-corrected chi connectivity index (χ2v) is 8.35. The molecule has 2 amide bonds. The highest BCUT2D eigenvalue weighted by Gasteiger charge is 2.25. The highest BCUT2D eigenvalue weighted by Crippen LogP contribution is 2.21. The number of nitrogens with one attached hydrogen (secondary N) is 3. The van der Waals surface area contributed by atoms with Gasteiger partial charge in [-0.1, -0.05) is 24.3 Å². The number of nitrogens with zero attached hydrogens (tertiary/aromatic N) is 2. The highest BCUT2D eigenvalue weighted by molar-refractivity contribution is 5.76. The Hall–Kier alpha value is -3.20. The summed E-state index contributed by atoms with van der Waals surface area (Å²) in [6.45, 7) is 0.785. The fourth-order valence-corrected chi connectivity index (χ4v) is 4.27. The summed E-state index contributed by atoms with van der Waals surface area (Å²) in [6, 6.07) is 14.5. The van der Waals surface area contributed by atoms with E-state index in [1.807, 2.05) is 48.5 Å². The van der Waals surface area contributed by atoms with Gasteiger partial charge in [-0.2, -0.15) is 0 Å². The third kappa shape index (κ3) is 6.19. The number of carbonyl (C=O) groups excluding carboxylic acids is 1. The number of rotatable bonds is 8. The zero-order chi connectivity index (χ0) is 23.2. The number of carbonyl (C=O) groups is 1. The Bertz CT molecular complexity index is 1020. The van der Waals surface area contributed by atoms with Crippen LogP contribution in [0.1, 0.15) is 30.3 Å². The maximum absolute atomic E-state index is 12.9. The number of fused-ring (bicyclic) bond motifs is 1. The highest BCUT2D eigenvalue weighted by atomic mass is 19.3. The minimum Gasteiger partial charge on any atom is -0.497 e. The normalized spacial score (nSPS) is 17.8. The van der Waals surface area contributed by atoms with Crippen LogP contribution in [0.3, 0.4) is 0 Å².